The molecule has 0 unspecified atom stereocenters. The molecule has 0 spiro atoms. The quantitative estimate of drug-likeness (QED) is 0.487. The fourth-order valence-electron chi connectivity index (χ4n) is 2.86. The highest BCUT2D eigenvalue weighted by molar-refractivity contribution is 6.36. The minimum absolute atomic E-state index is 0.625. The minimum atomic E-state index is 0.625. The summed E-state index contributed by atoms with van der Waals surface area (Å²) in [5.41, 5.74) is 3.98. The van der Waals surface area contributed by atoms with Crippen LogP contribution in [0.3, 0.4) is 0 Å². The molecule has 0 amide bonds. The lowest BCUT2D eigenvalue weighted by molar-refractivity contribution is 0.970. The van der Waals surface area contributed by atoms with Crippen molar-refractivity contribution < 1.29 is 0 Å². The summed E-state index contributed by atoms with van der Waals surface area (Å²) >= 11 is 12.4. The molecule has 4 rings (SSSR count). The van der Waals surface area contributed by atoms with Crippen molar-refractivity contribution in [1.29, 1.82) is 0 Å². The Morgan fingerprint density at radius 1 is 1.00 bits per heavy atom. The average molecular weight is 328 g/mol. The first-order chi connectivity index (χ1) is 10.6. The fraction of sp³-hybridized carbons (Fsp3) is 0.0588. The van der Waals surface area contributed by atoms with Gasteiger partial charge in [-0.2, -0.15) is 0 Å². The van der Waals surface area contributed by atoms with Crippen molar-refractivity contribution in [2.75, 3.05) is 0 Å². The van der Waals surface area contributed by atoms with Crippen LogP contribution in [0.15, 0.2) is 49.1 Å². The zero-order valence-corrected chi connectivity index (χ0v) is 13.2. The van der Waals surface area contributed by atoms with Crippen LogP contribution in [0.5, 0.6) is 0 Å². The van der Waals surface area contributed by atoms with Crippen molar-refractivity contribution in [2.45, 2.75) is 0 Å². The van der Waals surface area contributed by atoms with E-state index in [2.05, 4.69) is 26.7 Å². The lowest BCUT2D eigenvalue weighted by Crippen LogP contribution is -1.92. The number of rotatable bonds is 1. The zero-order chi connectivity index (χ0) is 15.3. The third-order valence-corrected chi connectivity index (χ3v) is 4.41. The van der Waals surface area contributed by atoms with Crippen LogP contribution in [0.2, 0.25) is 10.0 Å². The second-order valence-corrected chi connectivity index (χ2v) is 6.04. The summed E-state index contributed by atoms with van der Waals surface area (Å²) in [6, 6.07) is 9.68. The summed E-state index contributed by atoms with van der Waals surface area (Å²) < 4.78 is 2.09. The van der Waals surface area contributed by atoms with Gasteiger partial charge in [0.15, 0.2) is 0 Å². The number of benzene rings is 2. The molecule has 2 aromatic heterocycles. The van der Waals surface area contributed by atoms with E-state index in [9.17, 15) is 0 Å². The maximum absolute atomic E-state index is 6.41. The van der Waals surface area contributed by atoms with Crippen molar-refractivity contribution in [2.24, 2.45) is 7.05 Å². The van der Waals surface area contributed by atoms with E-state index in [4.69, 9.17) is 23.2 Å². The number of hydrogen-bond acceptors (Lipinski definition) is 2. The Kier molecular flexibility index (Phi) is 3.06. The highest BCUT2D eigenvalue weighted by Crippen LogP contribution is 2.38. The molecule has 0 aliphatic rings. The molecule has 0 aliphatic heterocycles. The molecule has 22 heavy (non-hydrogen) atoms. The van der Waals surface area contributed by atoms with Gasteiger partial charge in [0, 0.05) is 51.4 Å². The van der Waals surface area contributed by atoms with Crippen molar-refractivity contribution in [1.82, 2.24) is 14.5 Å². The fourth-order valence-corrected chi connectivity index (χ4v) is 3.37. The predicted molar refractivity (Wildman–Crippen MR) is 91.5 cm³/mol. The topological polar surface area (TPSA) is 30.7 Å². The van der Waals surface area contributed by atoms with Crippen LogP contribution in [-0.2, 0) is 7.05 Å². The molecular weight excluding hydrogens is 317 g/mol. The summed E-state index contributed by atoms with van der Waals surface area (Å²) in [5, 5.41) is 3.40. The first kappa shape index (κ1) is 13.6. The van der Waals surface area contributed by atoms with Gasteiger partial charge in [0.05, 0.1) is 11.0 Å². The van der Waals surface area contributed by atoms with E-state index in [-0.39, 0.29) is 0 Å². The molecule has 0 saturated carbocycles. The van der Waals surface area contributed by atoms with Gasteiger partial charge in [0.2, 0.25) is 0 Å². The highest BCUT2D eigenvalue weighted by atomic mass is 35.5. The van der Waals surface area contributed by atoms with Gasteiger partial charge in [0.1, 0.15) is 6.33 Å². The lowest BCUT2D eigenvalue weighted by atomic mass is 10.0. The van der Waals surface area contributed by atoms with Crippen molar-refractivity contribution in [3.63, 3.8) is 0 Å². The maximum atomic E-state index is 6.41. The van der Waals surface area contributed by atoms with Gasteiger partial charge in [-0.05, 0) is 24.3 Å². The Morgan fingerprint density at radius 3 is 2.68 bits per heavy atom. The Labute approximate surface area is 137 Å². The van der Waals surface area contributed by atoms with Gasteiger partial charge < -0.3 is 4.57 Å². The monoisotopic (exact) mass is 327 g/mol. The third kappa shape index (κ3) is 1.97. The number of aryl methyl sites for hydroxylation is 1. The lowest BCUT2D eigenvalue weighted by Gasteiger charge is -2.11. The summed E-state index contributed by atoms with van der Waals surface area (Å²) in [6.07, 6.45) is 5.44. The van der Waals surface area contributed by atoms with Crippen LogP contribution in [0, 0.1) is 0 Å². The molecule has 0 bridgehead atoms. The number of hydrogen-bond donors (Lipinski definition) is 0. The van der Waals surface area contributed by atoms with Crippen LogP contribution in [0.25, 0.3) is 32.9 Å². The highest BCUT2D eigenvalue weighted by Gasteiger charge is 2.14. The first-order valence-corrected chi connectivity index (χ1v) is 7.54. The molecule has 3 nitrogen and oxygen atoms in total. The molecule has 2 aromatic carbocycles. The molecule has 0 aliphatic carbocycles. The van der Waals surface area contributed by atoms with Crippen molar-refractivity contribution in [3.05, 3.63) is 59.1 Å². The van der Waals surface area contributed by atoms with Crippen LogP contribution in [-0.4, -0.2) is 14.5 Å². The Bertz CT molecular complexity index is 1020. The molecule has 0 radical (unpaired) electrons. The SMILES string of the molecule is Cn1ccc2c3cncnc3cc(-c3ccc(Cl)cc3Cl)c21. The van der Waals surface area contributed by atoms with E-state index in [0.29, 0.717) is 10.0 Å². The first-order valence-electron chi connectivity index (χ1n) is 6.78. The number of nitrogens with zero attached hydrogens (tertiary/aromatic N) is 3. The van der Waals surface area contributed by atoms with Gasteiger partial charge in [-0.15, -0.1) is 0 Å². The molecule has 5 heteroatoms. The van der Waals surface area contributed by atoms with Crippen molar-refractivity contribution in [3.8, 4) is 11.1 Å². The van der Waals surface area contributed by atoms with Crippen LogP contribution < -0.4 is 0 Å². The van der Waals surface area contributed by atoms with E-state index < -0.39 is 0 Å². The van der Waals surface area contributed by atoms with E-state index in [0.717, 1.165) is 32.9 Å². The van der Waals surface area contributed by atoms with E-state index in [1.165, 1.54) is 0 Å². The normalized spacial score (nSPS) is 11.4. The van der Waals surface area contributed by atoms with Gasteiger partial charge in [0.25, 0.3) is 0 Å². The zero-order valence-electron chi connectivity index (χ0n) is 11.7. The summed E-state index contributed by atoms with van der Waals surface area (Å²) in [7, 11) is 2.02. The Morgan fingerprint density at radius 2 is 1.86 bits per heavy atom. The molecule has 4 aromatic rings. The number of halogens is 2. The molecule has 0 saturated heterocycles. The summed E-state index contributed by atoms with van der Waals surface area (Å²) in [4.78, 5) is 8.52. The molecule has 0 N–H and O–H groups in total. The maximum Gasteiger partial charge on any atom is 0.116 e. The smallest absolute Gasteiger partial charge is 0.116 e. The molecule has 2 heterocycles. The second-order valence-electron chi connectivity index (χ2n) is 5.19. The Balaban J connectivity index is 2.17. The second kappa shape index (κ2) is 4.97. The molecule has 0 atom stereocenters. The van der Waals surface area contributed by atoms with Crippen LogP contribution >= 0.6 is 23.2 Å². The minimum Gasteiger partial charge on any atom is -0.350 e. The Hall–Kier alpha value is -2.10. The third-order valence-electron chi connectivity index (χ3n) is 3.86. The number of fused-ring (bicyclic) bond motifs is 3. The number of aromatic nitrogens is 3. The molecule has 108 valence electrons. The van der Waals surface area contributed by atoms with Gasteiger partial charge in [-0.1, -0.05) is 29.3 Å². The molecule has 0 fully saturated rings. The van der Waals surface area contributed by atoms with E-state index in [1.807, 2.05) is 31.6 Å². The van der Waals surface area contributed by atoms with E-state index in [1.54, 1.807) is 12.4 Å². The van der Waals surface area contributed by atoms with Crippen LogP contribution in [0.1, 0.15) is 0 Å². The summed E-state index contributed by atoms with van der Waals surface area (Å²) in [5.74, 6) is 0. The van der Waals surface area contributed by atoms with Gasteiger partial charge >= 0.3 is 0 Å². The van der Waals surface area contributed by atoms with Gasteiger partial charge in [-0.25, -0.2) is 9.97 Å². The largest absolute Gasteiger partial charge is 0.350 e. The van der Waals surface area contributed by atoms with Gasteiger partial charge in [-0.3, -0.25) is 0 Å². The summed E-state index contributed by atoms with van der Waals surface area (Å²) in [6.45, 7) is 0. The molecular formula is C17H11Cl2N3. The van der Waals surface area contributed by atoms with Crippen LogP contribution in [0.4, 0.5) is 0 Å². The van der Waals surface area contributed by atoms with E-state index >= 15 is 0 Å². The standard InChI is InChI=1S/C17H11Cl2N3/c1-22-5-4-12-14-8-20-9-21-16(14)7-13(17(12)22)11-3-2-10(18)6-15(11)19/h2-9H,1H3. The van der Waals surface area contributed by atoms with Crippen molar-refractivity contribution >= 4 is 45.0 Å². The predicted octanol–water partition coefficient (Wildman–Crippen LogP) is 5.10. The average Bonchev–Trinajstić information content (AvgIpc) is 2.89.